The van der Waals surface area contributed by atoms with Gasteiger partial charge in [0.25, 0.3) is 0 Å². The lowest BCUT2D eigenvalue weighted by molar-refractivity contribution is 0.534. The minimum Gasteiger partial charge on any atom is -0.314 e. The SMILES string of the molecule is C1CNCCNCCNCCN1.C=CCCCCCCCCCCCC. The van der Waals surface area contributed by atoms with Crippen molar-refractivity contribution in [2.45, 2.75) is 77.6 Å². The van der Waals surface area contributed by atoms with Gasteiger partial charge in [-0.25, -0.2) is 0 Å². The summed E-state index contributed by atoms with van der Waals surface area (Å²) < 4.78 is 0. The van der Waals surface area contributed by atoms with Crippen LogP contribution in [0, 0.1) is 0 Å². The van der Waals surface area contributed by atoms with Crippen LogP contribution in [0.2, 0.25) is 0 Å². The summed E-state index contributed by atoms with van der Waals surface area (Å²) in [6.07, 6.45) is 17.5. The molecular weight excluding hydrogens is 320 g/mol. The van der Waals surface area contributed by atoms with Crippen molar-refractivity contribution in [3.63, 3.8) is 0 Å². The minimum absolute atomic E-state index is 1.07. The van der Waals surface area contributed by atoms with Crippen LogP contribution in [0.5, 0.6) is 0 Å². The zero-order valence-electron chi connectivity index (χ0n) is 17.7. The van der Waals surface area contributed by atoms with Gasteiger partial charge in [0.1, 0.15) is 0 Å². The van der Waals surface area contributed by atoms with Gasteiger partial charge in [-0.2, -0.15) is 0 Å². The Bertz CT molecular complexity index is 216. The Morgan fingerprint density at radius 1 is 0.538 bits per heavy atom. The van der Waals surface area contributed by atoms with Crippen molar-refractivity contribution in [1.82, 2.24) is 21.3 Å². The molecule has 1 fully saturated rings. The van der Waals surface area contributed by atoms with Gasteiger partial charge in [-0.05, 0) is 12.8 Å². The summed E-state index contributed by atoms with van der Waals surface area (Å²) in [7, 11) is 0. The summed E-state index contributed by atoms with van der Waals surface area (Å²) in [4.78, 5) is 0. The highest BCUT2D eigenvalue weighted by Crippen LogP contribution is 2.11. The molecule has 0 aromatic rings. The molecule has 0 aromatic heterocycles. The third kappa shape index (κ3) is 23.6. The van der Waals surface area contributed by atoms with Gasteiger partial charge in [-0.15, -0.1) is 6.58 Å². The van der Waals surface area contributed by atoms with E-state index in [0.717, 1.165) is 52.4 Å². The molecule has 0 radical (unpaired) electrons. The summed E-state index contributed by atoms with van der Waals surface area (Å²) in [5, 5.41) is 13.4. The monoisotopic (exact) mass is 368 g/mol. The average molecular weight is 369 g/mol. The van der Waals surface area contributed by atoms with E-state index in [-0.39, 0.29) is 0 Å². The van der Waals surface area contributed by atoms with Crippen LogP contribution in [0.15, 0.2) is 12.7 Å². The molecule has 1 aliphatic heterocycles. The molecule has 156 valence electrons. The van der Waals surface area contributed by atoms with E-state index in [9.17, 15) is 0 Å². The molecule has 4 nitrogen and oxygen atoms in total. The minimum atomic E-state index is 1.07. The smallest absolute Gasteiger partial charge is 0.00772 e. The number of unbranched alkanes of at least 4 members (excludes halogenated alkanes) is 10. The summed E-state index contributed by atoms with van der Waals surface area (Å²) in [5.74, 6) is 0. The number of hydrogen-bond acceptors (Lipinski definition) is 4. The number of allylic oxidation sites excluding steroid dienone is 1. The summed E-state index contributed by atoms with van der Waals surface area (Å²) in [6.45, 7) is 14.6. The third-order valence-corrected chi connectivity index (χ3v) is 4.68. The Labute approximate surface area is 164 Å². The molecule has 0 aromatic carbocycles. The standard InChI is InChI=1S/C14H28.C8H20N4/c1-3-5-7-9-11-13-14-12-10-8-6-4-2;1-2-10-5-6-12-8-7-11-4-3-9-1/h3H,1,4-14H2,2H3;9-12H,1-8H2. The molecule has 0 atom stereocenters. The van der Waals surface area contributed by atoms with E-state index in [0.29, 0.717) is 0 Å². The molecule has 0 bridgehead atoms. The van der Waals surface area contributed by atoms with Crippen LogP contribution in [0.4, 0.5) is 0 Å². The summed E-state index contributed by atoms with van der Waals surface area (Å²) >= 11 is 0. The third-order valence-electron chi connectivity index (χ3n) is 4.68. The molecular formula is C22H48N4. The maximum Gasteiger partial charge on any atom is 0.00772 e. The van der Waals surface area contributed by atoms with E-state index < -0.39 is 0 Å². The highest BCUT2D eigenvalue weighted by molar-refractivity contribution is 4.65. The van der Waals surface area contributed by atoms with Gasteiger partial charge in [0.15, 0.2) is 0 Å². The van der Waals surface area contributed by atoms with Gasteiger partial charge >= 0.3 is 0 Å². The molecule has 26 heavy (non-hydrogen) atoms. The lowest BCUT2D eigenvalue weighted by atomic mass is 10.1. The van der Waals surface area contributed by atoms with E-state index in [2.05, 4.69) is 34.8 Å². The van der Waals surface area contributed by atoms with Gasteiger partial charge in [0.05, 0.1) is 0 Å². The second kappa shape index (κ2) is 24.6. The zero-order valence-corrected chi connectivity index (χ0v) is 17.7. The number of hydrogen-bond donors (Lipinski definition) is 4. The molecule has 1 rings (SSSR count). The highest BCUT2D eigenvalue weighted by atomic mass is 15.0. The predicted molar refractivity (Wildman–Crippen MR) is 118 cm³/mol. The van der Waals surface area contributed by atoms with Gasteiger partial charge in [-0.3, -0.25) is 0 Å². The van der Waals surface area contributed by atoms with E-state index in [1.165, 1.54) is 70.6 Å². The van der Waals surface area contributed by atoms with Crippen molar-refractivity contribution in [2.24, 2.45) is 0 Å². The Hall–Kier alpha value is -0.420. The first kappa shape index (κ1) is 25.6. The maximum atomic E-state index is 3.74. The van der Waals surface area contributed by atoms with Crippen LogP contribution in [0.25, 0.3) is 0 Å². The van der Waals surface area contributed by atoms with Crippen molar-refractivity contribution < 1.29 is 0 Å². The fourth-order valence-corrected chi connectivity index (χ4v) is 2.98. The maximum absolute atomic E-state index is 3.74. The van der Waals surface area contributed by atoms with Crippen molar-refractivity contribution in [3.05, 3.63) is 12.7 Å². The van der Waals surface area contributed by atoms with Gasteiger partial charge in [0.2, 0.25) is 0 Å². The fraction of sp³-hybridized carbons (Fsp3) is 0.909. The first-order valence-electron chi connectivity index (χ1n) is 11.4. The summed E-state index contributed by atoms with van der Waals surface area (Å²) in [6, 6.07) is 0. The molecule has 1 saturated heterocycles. The molecule has 0 aliphatic carbocycles. The van der Waals surface area contributed by atoms with Crippen molar-refractivity contribution in [1.29, 1.82) is 0 Å². The normalized spacial score (nSPS) is 16.7. The molecule has 4 heteroatoms. The second-order valence-corrected chi connectivity index (χ2v) is 7.26. The molecule has 0 unspecified atom stereocenters. The quantitative estimate of drug-likeness (QED) is 0.331. The Morgan fingerprint density at radius 2 is 0.846 bits per heavy atom. The largest absolute Gasteiger partial charge is 0.314 e. The molecule has 1 heterocycles. The van der Waals surface area contributed by atoms with E-state index in [1.807, 2.05) is 6.08 Å². The molecule has 4 N–H and O–H groups in total. The van der Waals surface area contributed by atoms with Crippen LogP contribution in [0.3, 0.4) is 0 Å². The Kier molecular flexibility index (Phi) is 24.2. The van der Waals surface area contributed by atoms with Gasteiger partial charge < -0.3 is 21.3 Å². The van der Waals surface area contributed by atoms with Crippen LogP contribution in [-0.2, 0) is 0 Å². The Morgan fingerprint density at radius 3 is 1.15 bits per heavy atom. The topological polar surface area (TPSA) is 48.1 Å². The average Bonchev–Trinajstić information content (AvgIpc) is 2.64. The van der Waals surface area contributed by atoms with Crippen molar-refractivity contribution in [2.75, 3.05) is 52.4 Å². The number of nitrogens with one attached hydrogen (secondary N) is 4. The number of rotatable bonds is 11. The van der Waals surface area contributed by atoms with Crippen LogP contribution >= 0.6 is 0 Å². The van der Waals surface area contributed by atoms with E-state index >= 15 is 0 Å². The van der Waals surface area contributed by atoms with E-state index in [1.54, 1.807) is 0 Å². The lowest BCUT2D eigenvalue weighted by Gasteiger charge is -2.11. The zero-order chi connectivity index (χ0) is 19.0. The van der Waals surface area contributed by atoms with Gasteiger partial charge in [0, 0.05) is 52.4 Å². The van der Waals surface area contributed by atoms with E-state index in [4.69, 9.17) is 0 Å². The first-order chi connectivity index (χ1) is 12.9. The van der Waals surface area contributed by atoms with Crippen LogP contribution < -0.4 is 21.3 Å². The fourth-order valence-electron chi connectivity index (χ4n) is 2.98. The predicted octanol–water partition coefficient (Wildman–Crippen LogP) is 3.84. The highest BCUT2D eigenvalue weighted by Gasteiger charge is 1.92. The van der Waals surface area contributed by atoms with Crippen molar-refractivity contribution in [3.8, 4) is 0 Å². The first-order valence-corrected chi connectivity index (χ1v) is 11.4. The molecule has 0 amide bonds. The lowest BCUT2D eigenvalue weighted by Crippen LogP contribution is -2.39. The second-order valence-electron chi connectivity index (χ2n) is 7.26. The Balaban J connectivity index is 0.000000485. The van der Waals surface area contributed by atoms with Crippen LogP contribution in [0.1, 0.15) is 77.6 Å². The summed E-state index contributed by atoms with van der Waals surface area (Å²) in [5.41, 5.74) is 0. The molecule has 0 spiro atoms. The molecule has 0 saturated carbocycles. The molecule has 1 aliphatic rings. The van der Waals surface area contributed by atoms with Crippen molar-refractivity contribution >= 4 is 0 Å². The van der Waals surface area contributed by atoms with Gasteiger partial charge in [-0.1, -0.05) is 70.8 Å². The van der Waals surface area contributed by atoms with Crippen LogP contribution in [-0.4, -0.2) is 52.4 Å².